The van der Waals surface area contributed by atoms with E-state index in [1.165, 1.54) is 6.33 Å². The van der Waals surface area contributed by atoms with Gasteiger partial charge in [-0.3, -0.25) is 4.90 Å². The van der Waals surface area contributed by atoms with Crippen molar-refractivity contribution in [3.05, 3.63) is 47.7 Å². The number of nitrogens with zero attached hydrogens (tertiary/aromatic N) is 5. The summed E-state index contributed by atoms with van der Waals surface area (Å²) in [5, 5.41) is 0. The van der Waals surface area contributed by atoms with Crippen molar-refractivity contribution < 1.29 is 13.2 Å². The molecule has 0 bridgehead atoms. The largest absolute Gasteiger partial charge is 0.439 e. The van der Waals surface area contributed by atoms with Crippen molar-refractivity contribution in [2.24, 2.45) is 0 Å². The number of hydrogen-bond donors (Lipinski definition) is 0. The number of hydrogen-bond acceptors (Lipinski definition) is 6. The number of halogens is 2. The summed E-state index contributed by atoms with van der Waals surface area (Å²) in [5.74, 6) is 1.01. The zero-order valence-corrected chi connectivity index (χ0v) is 14.4. The molecule has 0 amide bonds. The first-order chi connectivity index (χ1) is 12.6. The van der Waals surface area contributed by atoms with Gasteiger partial charge >= 0.3 is 0 Å². The van der Waals surface area contributed by atoms with Crippen molar-refractivity contribution in [1.82, 2.24) is 19.9 Å². The summed E-state index contributed by atoms with van der Waals surface area (Å²) in [6, 6.07) is 7.66. The van der Waals surface area contributed by atoms with Crippen molar-refractivity contribution in [2.75, 3.05) is 31.1 Å². The molecule has 0 radical (unpaired) electrons. The molecule has 6 nitrogen and oxygen atoms in total. The van der Waals surface area contributed by atoms with Crippen LogP contribution in [0.3, 0.4) is 0 Å². The zero-order chi connectivity index (χ0) is 18.1. The summed E-state index contributed by atoms with van der Waals surface area (Å²) in [5.41, 5.74) is 1.89. The Morgan fingerprint density at radius 3 is 2.62 bits per heavy atom. The van der Waals surface area contributed by atoms with Crippen LogP contribution in [0, 0.1) is 6.92 Å². The highest BCUT2D eigenvalue weighted by molar-refractivity contribution is 5.72. The van der Waals surface area contributed by atoms with Crippen LogP contribution in [0.1, 0.15) is 23.6 Å². The zero-order valence-electron chi connectivity index (χ0n) is 14.4. The van der Waals surface area contributed by atoms with E-state index in [1.807, 2.05) is 29.2 Å². The van der Waals surface area contributed by atoms with E-state index in [0.29, 0.717) is 37.0 Å². The first kappa shape index (κ1) is 16.8. The lowest BCUT2D eigenvalue weighted by atomic mass is 10.2. The summed E-state index contributed by atoms with van der Waals surface area (Å²) < 4.78 is 32.5. The second kappa shape index (κ2) is 6.95. The fourth-order valence-corrected chi connectivity index (χ4v) is 3.28. The van der Waals surface area contributed by atoms with Gasteiger partial charge in [0, 0.05) is 26.2 Å². The average molecular weight is 359 g/mol. The smallest absolute Gasteiger partial charge is 0.269 e. The van der Waals surface area contributed by atoms with Crippen molar-refractivity contribution in [1.29, 1.82) is 0 Å². The minimum absolute atomic E-state index is 0.0695. The van der Waals surface area contributed by atoms with E-state index in [2.05, 4.69) is 19.9 Å². The molecule has 2 aromatic heterocycles. The third kappa shape index (κ3) is 3.24. The molecule has 0 N–H and O–H groups in total. The third-order valence-electron chi connectivity index (χ3n) is 4.65. The van der Waals surface area contributed by atoms with Crippen LogP contribution in [-0.2, 0) is 6.54 Å². The monoisotopic (exact) mass is 359 g/mol. The molecule has 0 spiro atoms. The minimum atomic E-state index is -2.58. The average Bonchev–Trinajstić information content (AvgIpc) is 3.04. The Bertz CT molecular complexity index is 872. The number of benzene rings is 1. The predicted molar refractivity (Wildman–Crippen MR) is 93.2 cm³/mol. The van der Waals surface area contributed by atoms with Crippen LogP contribution in [0.15, 0.2) is 35.0 Å². The van der Waals surface area contributed by atoms with Gasteiger partial charge < -0.3 is 9.32 Å². The Labute approximate surface area is 149 Å². The molecular weight excluding hydrogens is 340 g/mol. The standard InChI is InChI=1S/C18H19F2N5O/c1-12-16(17(19)20)18(22-11-21-12)25-8-6-24(7-9-25)10-15-23-13-4-2-3-5-14(13)26-15/h2-5,11,17H,6-10H2,1H3. The van der Waals surface area contributed by atoms with Crippen molar-refractivity contribution >= 4 is 16.9 Å². The molecule has 1 aromatic carbocycles. The van der Waals surface area contributed by atoms with E-state index in [4.69, 9.17) is 4.42 Å². The molecule has 1 fully saturated rings. The molecule has 0 aliphatic carbocycles. The fourth-order valence-electron chi connectivity index (χ4n) is 3.28. The normalized spacial score (nSPS) is 15.9. The fraction of sp³-hybridized carbons (Fsp3) is 0.389. The maximum atomic E-state index is 13.4. The molecule has 8 heteroatoms. The Kier molecular flexibility index (Phi) is 4.50. The van der Waals surface area contributed by atoms with Gasteiger partial charge in [-0.25, -0.2) is 23.7 Å². The van der Waals surface area contributed by atoms with E-state index in [-0.39, 0.29) is 5.56 Å². The third-order valence-corrected chi connectivity index (χ3v) is 4.65. The maximum Gasteiger partial charge on any atom is 0.269 e. The van der Waals surface area contributed by atoms with Crippen LogP contribution in [0.2, 0.25) is 0 Å². The molecule has 0 unspecified atom stereocenters. The number of piperazine rings is 1. The van der Waals surface area contributed by atoms with E-state index >= 15 is 0 Å². The summed E-state index contributed by atoms with van der Waals surface area (Å²) in [7, 11) is 0. The van der Waals surface area contributed by atoms with Gasteiger partial charge in [0.2, 0.25) is 5.89 Å². The Morgan fingerprint density at radius 2 is 1.88 bits per heavy atom. The molecular formula is C18H19F2N5O. The Hall–Kier alpha value is -2.61. The minimum Gasteiger partial charge on any atom is -0.439 e. The predicted octanol–water partition coefficient (Wildman–Crippen LogP) is 3.19. The first-order valence-corrected chi connectivity index (χ1v) is 8.53. The van der Waals surface area contributed by atoms with Crippen molar-refractivity contribution in [3.8, 4) is 0 Å². The van der Waals surface area contributed by atoms with Crippen LogP contribution >= 0.6 is 0 Å². The quantitative estimate of drug-likeness (QED) is 0.713. The van der Waals surface area contributed by atoms with E-state index < -0.39 is 6.43 Å². The summed E-state index contributed by atoms with van der Waals surface area (Å²) in [6.45, 7) is 4.89. The van der Waals surface area contributed by atoms with Gasteiger partial charge in [-0.1, -0.05) is 12.1 Å². The van der Waals surface area contributed by atoms with Crippen LogP contribution in [-0.4, -0.2) is 46.0 Å². The maximum absolute atomic E-state index is 13.4. The number of oxazole rings is 1. The highest BCUT2D eigenvalue weighted by atomic mass is 19.3. The number of aryl methyl sites for hydroxylation is 1. The lowest BCUT2D eigenvalue weighted by Gasteiger charge is -2.35. The van der Waals surface area contributed by atoms with Gasteiger partial charge in [0.1, 0.15) is 17.7 Å². The van der Waals surface area contributed by atoms with Crippen molar-refractivity contribution in [2.45, 2.75) is 19.9 Å². The van der Waals surface area contributed by atoms with Gasteiger partial charge in [-0.2, -0.15) is 0 Å². The number of alkyl halides is 2. The molecule has 136 valence electrons. The molecule has 4 rings (SSSR count). The van der Waals surface area contributed by atoms with Gasteiger partial charge in [-0.15, -0.1) is 0 Å². The van der Waals surface area contributed by atoms with Gasteiger partial charge in [-0.05, 0) is 19.1 Å². The van der Waals surface area contributed by atoms with Gasteiger partial charge in [0.05, 0.1) is 17.8 Å². The van der Waals surface area contributed by atoms with Crippen LogP contribution in [0.5, 0.6) is 0 Å². The highest BCUT2D eigenvalue weighted by Gasteiger charge is 2.26. The lowest BCUT2D eigenvalue weighted by Crippen LogP contribution is -2.46. The second-order valence-electron chi connectivity index (χ2n) is 6.34. The number of rotatable bonds is 4. The number of aromatic nitrogens is 3. The summed E-state index contributed by atoms with van der Waals surface area (Å²) in [6.07, 6.45) is -1.23. The second-order valence-corrected chi connectivity index (χ2v) is 6.34. The lowest BCUT2D eigenvalue weighted by molar-refractivity contribution is 0.149. The first-order valence-electron chi connectivity index (χ1n) is 8.53. The molecule has 1 saturated heterocycles. The van der Waals surface area contributed by atoms with Crippen LogP contribution in [0.4, 0.5) is 14.6 Å². The summed E-state index contributed by atoms with van der Waals surface area (Å²) >= 11 is 0. The molecule has 3 heterocycles. The topological polar surface area (TPSA) is 58.3 Å². The SMILES string of the molecule is Cc1ncnc(N2CCN(Cc3nc4ccccc4o3)CC2)c1C(F)F. The van der Waals surface area contributed by atoms with E-state index in [9.17, 15) is 8.78 Å². The number of fused-ring (bicyclic) bond motifs is 1. The Morgan fingerprint density at radius 1 is 1.12 bits per heavy atom. The molecule has 1 aliphatic rings. The molecule has 1 aliphatic heterocycles. The number of para-hydroxylation sites is 2. The highest BCUT2D eigenvalue weighted by Crippen LogP contribution is 2.30. The molecule has 3 aromatic rings. The molecule has 0 atom stereocenters. The van der Waals surface area contributed by atoms with E-state index in [1.54, 1.807) is 6.92 Å². The number of anilines is 1. The van der Waals surface area contributed by atoms with Crippen molar-refractivity contribution in [3.63, 3.8) is 0 Å². The van der Waals surface area contributed by atoms with E-state index in [0.717, 1.165) is 24.2 Å². The Balaban J connectivity index is 1.44. The van der Waals surface area contributed by atoms with Gasteiger partial charge in [0.25, 0.3) is 6.43 Å². The molecule has 26 heavy (non-hydrogen) atoms. The van der Waals surface area contributed by atoms with Crippen LogP contribution < -0.4 is 4.90 Å². The van der Waals surface area contributed by atoms with Crippen LogP contribution in [0.25, 0.3) is 11.1 Å². The molecule has 0 saturated carbocycles. The summed E-state index contributed by atoms with van der Waals surface area (Å²) in [4.78, 5) is 16.6. The van der Waals surface area contributed by atoms with Gasteiger partial charge in [0.15, 0.2) is 5.58 Å².